The van der Waals surface area contributed by atoms with Crippen LogP contribution in [0.4, 0.5) is 10.7 Å². The lowest BCUT2D eigenvalue weighted by atomic mass is 10.3. The third-order valence-electron chi connectivity index (χ3n) is 2.98. The Balaban J connectivity index is 2.41. The van der Waals surface area contributed by atoms with Gasteiger partial charge in [0.25, 0.3) is 10.0 Å². The molecule has 20 heavy (non-hydrogen) atoms. The first kappa shape index (κ1) is 15.2. The summed E-state index contributed by atoms with van der Waals surface area (Å²) in [4.78, 5) is 10.3. The highest BCUT2D eigenvalue weighted by molar-refractivity contribution is 7.91. The maximum Gasteiger partial charge on any atom is 0.304 e. The van der Waals surface area contributed by atoms with Crippen molar-refractivity contribution < 1.29 is 18.1 Å². The van der Waals surface area contributed by atoms with Gasteiger partial charge >= 0.3 is 5.69 Å². The summed E-state index contributed by atoms with van der Waals surface area (Å²) in [6, 6.07) is 0.821. The van der Waals surface area contributed by atoms with E-state index in [-0.39, 0.29) is 27.5 Å². The van der Waals surface area contributed by atoms with Crippen molar-refractivity contribution in [3.63, 3.8) is 0 Å². The molecule has 1 aromatic rings. The Morgan fingerprint density at radius 3 is 2.80 bits per heavy atom. The number of ether oxygens (including phenoxy) is 1. The molecule has 1 unspecified atom stereocenters. The average Bonchev–Trinajstić information content (AvgIpc) is 2.84. The molecule has 0 aromatic carbocycles. The van der Waals surface area contributed by atoms with Crippen molar-refractivity contribution in [3.8, 4) is 0 Å². The number of sulfonamides is 1. The Bertz CT molecular complexity index is 612. The summed E-state index contributed by atoms with van der Waals surface area (Å²) < 4.78 is 31.6. The zero-order chi connectivity index (χ0) is 14.9. The topological polar surface area (TPSA) is 102 Å². The normalized spacial score (nSPS) is 20.8. The minimum atomic E-state index is -3.73. The lowest BCUT2D eigenvalue weighted by Gasteiger charge is -2.31. The Hall–Kier alpha value is -1.23. The number of nitro groups is 1. The predicted octanol–water partition coefficient (Wildman–Crippen LogP) is 1.11. The van der Waals surface area contributed by atoms with Crippen LogP contribution in [0.15, 0.2) is 10.3 Å². The Kier molecular flexibility index (Phi) is 4.28. The molecule has 112 valence electrons. The highest BCUT2D eigenvalue weighted by Gasteiger charge is 2.35. The molecule has 0 saturated carbocycles. The van der Waals surface area contributed by atoms with E-state index in [1.165, 1.54) is 11.4 Å². The molecule has 1 aliphatic rings. The molecule has 0 spiro atoms. The van der Waals surface area contributed by atoms with Gasteiger partial charge in [-0.1, -0.05) is 11.3 Å². The number of hydrogen-bond acceptors (Lipinski definition) is 7. The molecule has 8 nitrogen and oxygen atoms in total. The molecule has 1 N–H and O–H groups in total. The molecule has 1 fully saturated rings. The van der Waals surface area contributed by atoms with Crippen molar-refractivity contribution in [2.24, 2.45) is 0 Å². The minimum absolute atomic E-state index is 0.0256. The smallest absolute Gasteiger partial charge is 0.304 e. The van der Waals surface area contributed by atoms with Crippen LogP contribution in [0.3, 0.4) is 0 Å². The quantitative estimate of drug-likeness (QED) is 0.658. The lowest BCUT2D eigenvalue weighted by Crippen LogP contribution is -2.46. The third kappa shape index (κ3) is 2.64. The van der Waals surface area contributed by atoms with Crippen LogP contribution in [0.1, 0.15) is 6.92 Å². The summed E-state index contributed by atoms with van der Waals surface area (Å²) in [5, 5.41) is 13.8. The molecule has 2 rings (SSSR count). The fraction of sp³-hybridized carbons (Fsp3) is 0.600. The Labute approximate surface area is 120 Å². The first-order valence-corrected chi connectivity index (χ1v) is 8.19. The molecule has 0 bridgehead atoms. The second-order valence-electron chi connectivity index (χ2n) is 4.33. The van der Waals surface area contributed by atoms with Crippen molar-refractivity contribution in [1.82, 2.24) is 4.31 Å². The van der Waals surface area contributed by atoms with E-state index in [0.717, 1.165) is 17.4 Å². The first-order chi connectivity index (χ1) is 9.37. The number of nitrogens with one attached hydrogen (secondary N) is 1. The van der Waals surface area contributed by atoms with Crippen LogP contribution in [0.2, 0.25) is 0 Å². The van der Waals surface area contributed by atoms with Crippen LogP contribution in [0.5, 0.6) is 0 Å². The molecule has 1 saturated heterocycles. The fourth-order valence-electron chi connectivity index (χ4n) is 1.99. The van der Waals surface area contributed by atoms with E-state index in [1.807, 2.05) is 0 Å². The number of nitrogens with zero attached hydrogens (tertiary/aromatic N) is 2. The highest BCUT2D eigenvalue weighted by atomic mass is 32.2. The Morgan fingerprint density at radius 2 is 2.30 bits per heavy atom. The summed E-state index contributed by atoms with van der Waals surface area (Å²) in [5.41, 5.74) is -0.225. The summed E-state index contributed by atoms with van der Waals surface area (Å²) in [7, 11) is -2.21. The second-order valence-corrected chi connectivity index (χ2v) is 7.50. The summed E-state index contributed by atoms with van der Waals surface area (Å²) >= 11 is 0.867. The van der Waals surface area contributed by atoms with Gasteiger partial charge in [-0.2, -0.15) is 4.31 Å². The van der Waals surface area contributed by atoms with E-state index in [9.17, 15) is 18.5 Å². The number of hydrogen-bond donors (Lipinski definition) is 1. The van der Waals surface area contributed by atoms with Gasteiger partial charge in [0.2, 0.25) is 0 Å². The van der Waals surface area contributed by atoms with E-state index in [0.29, 0.717) is 13.2 Å². The summed E-state index contributed by atoms with van der Waals surface area (Å²) in [5.74, 6) is 0. The molecular formula is C10H15N3O5S2. The van der Waals surface area contributed by atoms with Gasteiger partial charge in [-0.25, -0.2) is 8.42 Å². The summed E-state index contributed by atoms with van der Waals surface area (Å²) in [6.07, 6.45) is 0. The zero-order valence-corrected chi connectivity index (χ0v) is 12.7. The van der Waals surface area contributed by atoms with Crippen LogP contribution < -0.4 is 5.32 Å². The first-order valence-electron chi connectivity index (χ1n) is 5.93. The SMILES string of the molecule is CNc1sc(S(=O)(=O)N2CCOCC2C)cc1[N+](=O)[O-]. The number of morpholine rings is 1. The van der Waals surface area contributed by atoms with Gasteiger partial charge in [-0.05, 0) is 6.92 Å². The third-order valence-corrected chi connectivity index (χ3v) is 6.59. The van der Waals surface area contributed by atoms with Crippen LogP contribution in [0.25, 0.3) is 0 Å². The predicted molar refractivity (Wildman–Crippen MR) is 74.7 cm³/mol. The maximum absolute atomic E-state index is 12.5. The van der Waals surface area contributed by atoms with E-state index < -0.39 is 14.9 Å². The lowest BCUT2D eigenvalue weighted by molar-refractivity contribution is -0.383. The molecule has 2 heterocycles. The van der Waals surface area contributed by atoms with Crippen molar-refractivity contribution >= 4 is 32.0 Å². The molecule has 10 heteroatoms. The van der Waals surface area contributed by atoms with Crippen LogP contribution in [-0.2, 0) is 14.8 Å². The van der Waals surface area contributed by atoms with Gasteiger partial charge in [-0.15, -0.1) is 0 Å². The largest absolute Gasteiger partial charge is 0.378 e. The molecule has 0 aliphatic carbocycles. The molecule has 1 aromatic heterocycles. The van der Waals surface area contributed by atoms with Gasteiger partial charge in [0.1, 0.15) is 4.21 Å². The van der Waals surface area contributed by atoms with Crippen molar-refractivity contribution in [1.29, 1.82) is 0 Å². The standard InChI is InChI=1S/C10H15N3O5S2/c1-7-6-18-4-3-12(7)20(16,17)9-5-8(13(14)15)10(11-2)19-9/h5,7,11H,3-4,6H2,1-2H3. The monoisotopic (exact) mass is 321 g/mol. The van der Waals surface area contributed by atoms with Crippen molar-refractivity contribution in [2.45, 2.75) is 17.2 Å². The number of anilines is 1. The summed E-state index contributed by atoms with van der Waals surface area (Å²) in [6.45, 7) is 2.66. The van der Waals surface area contributed by atoms with Gasteiger partial charge in [0.05, 0.1) is 18.1 Å². The van der Waals surface area contributed by atoms with Crippen molar-refractivity contribution in [2.75, 3.05) is 32.1 Å². The minimum Gasteiger partial charge on any atom is -0.378 e. The average molecular weight is 321 g/mol. The van der Waals surface area contributed by atoms with Crippen LogP contribution >= 0.6 is 11.3 Å². The number of rotatable bonds is 4. The van der Waals surface area contributed by atoms with E-state index >= 15 is 0 Å². The van der Waals surface area contributed by atoms with Gasteiger partial charge in [0, 0.05) is 25.7 Å². The van der Waals surface area contributed by atoms with E-state index in [1.54, 1.807) is 6.92 Å². The highest BCUT2D eigenvalue weighted by Crippen LogP contribution is 2.38. The molecular weight excluding hydrogens is 306 g/mol. The van der Waals surface area contributed by atoms with Crippen LogP contribution in [0, 0.1) is 10.1 Å². The maximum atomic E-state index is 12.5. The molecule has 1 atom stereocenters. The van der Waals surface area contributed by atoms with Gasteiger partial charge < -0.3 is 10.1 Å². The number of thiophene rings is 1. The zero-order valence-electron chi connectivity index (χ0n) is 11.0. The Morgan fingerprint density at radius 1 is 1.60 bits per heavy atom. The molecule has 0 amide bonds. The molecule has 0 radical (unpaired) electrons. The van der Waals surface area contributed by atoms with Crippen molar-refractivity contribution in [3.05, 3.63) is 16.2 Å². The van der Waals surface area contributed by atoms with Gasteiger partial charge in [0.15, 0.2) is 5.00 Å². The fourth-order valence-corrected chi connectivity index (χ4v) is 5.00. The molecule has 1 aliphatic heterocycles. The second kappa shape index (κ2) is 5.64. The van der Waals surface area contributed by atoms with Gasteiger partial charge in [-0.3, -0.25) is 10.1 Å². The van der Waals surface area contributed by atoms with E-state index in [4.69, 9.17) is 4.74 Å². The van der Waals surface area contributed by atoms with E-state index in [2.05, 4.69) is 5.32 Å². The van der Waals surface area contributed by atoms with Crippen LogP contribution in [-0.4, -0.2) is 50.5 Å².